The van der Waals surface area contributed by atoms with Gasteiger partial charge in [0.05, 0.1) is 35.9 Å². The van der Waals surface area contributed by atoms with Crippen molar-refractivity contribution in [2.24, 2.45) is 0 Å². The van der Waals surface area contributed by atoms with E-state index in [1.807, 2.05) is 24.0 Å². The number of ether oxygens (including phenoxy) is 1. The third-order valence-electron chi connectivity index (χ3n) is 8.30. The number of benzene rings is 1. The first-order valence-corrected chi connectivity index (χ1v) is 14.0. The quantitative estimate of drug-likeness (QED) is 0.347. The monoisotopic (exact) mass is 572 g/mol. The lowest BCUT2D eigenvalue weighted by atomic mass is 10.1. The van der Waals surface area contributed by atoms with E-state index in [4.69, 9.17) is 14.7 Å². The Morgan fingerprint density at radius 1 is 1.17 bits per heavy atom. The molecule has 1 amide bonds. The fourth-order valence-corrected chi connectivity index (χ4v) is 6.04. The van der Waals surface area contributed by atoms with Crippen LogP contribution in [0.5, 0.6) is 6.01 Å². The summed E-state index contributed by atoms with van der Waals surface area (Å²) in [6, 6.07) is 5.62. The number of carboxylic acid groups (broad SMARTS) is 1. The maximum atomic E-state index is 14.3. The number of likely N-dealkylation sites (N-methyl/N-ethyl adjacent to an activating group) is 1. The Morgan fingerprint density at radius 3 is 2.74 bits per heavy atom. The number of rotatable bonds is 6. The van der Waals surface area contributed by atoms with E-state index in [0.29, 0.717) is 36.0 Å². The molecule has 2 N–H and O–H groups in total. The average molecular weight is 573 g/mol. The number of nitrogens with zero attached hydrogens (tertiary/aromatic N) is 9. The molecule has 2 fully saturated rings. The van der Waals surface area contributed by atoms with E-state index in [1.165, 1.54) is 4.90 Å². The molecular formula is C28H32N10O4. The van der Waals surface area contributed by atoms with Crippen LogP contribution in [0, 0.1) is 25.2 Å². The highest BCUT2D eigenvalue weighted by atomic mass is 16.5. The third-order valence-corrected chi connectivity index (χ3v) is 8.30. The van der Waals surface area contributed by atoms with Crippen LogP contribution in [0.1, 0.15) is 30.7 Å². The molecule has 2 aliphatic rings. The minimum Gasteiger partial charge on any atom is -0.465 e. The minimum atomic E-state index is -1.08. The molecule has 3 aromatic heterocycles. The van der Waals surface area contributed by atoms with E-state index in [0.717, 1.165) is 35.9 Å². The highest BCUT2D eigenvalue weighted by Crippen LogP contribution is 2.29. The fourth-order valence-electron chi connectivity index (χ4n) is 6.04. The van der Waals surface area contributed by atoms with E-state index in [2.05, 4.69) is 33.2 Å². The number of H-pyrrole nitrogens is 1. The van der Waals surface area contributed by atoms with Crippen molar-refractivity contribution < 1.29 is 14.6 Å². The number of hydrogen-bond acceptors (Lipinski definition) is 10. The second kappa shape index (κ2) is 10.9. The lowest BCUT2D eigenvalue weighted by Gasteiger charge is -2.39. The zero-order valence-corrected chi connectivity index (χ0v) is 23.7. The number of aromatic nitrogens is 6. The first-order valence-electron chi connectivity index (χ1n) is 14.0. The Labute approximate surface area is 241 Å². The number of likely N-dealkylation sites (tertiary alicyclic amines) is 1. The molecule has 4 aromatic rings. The number of aromatic amines is 1. The van der Waals surface area contributed by atoms with Crippen molar-refractivity contribution in [1.82, 2.24) is 39.5 Å². The number of piperazine rings is 1. The number of amides is 1. The summed E-state index contributed by atoms with van der Waals surface area (Å²) in [5.41, 5.74) is 2.34. The van der Waals surface area contributed by atoms with E-state index < -0.39 is 12.1 Å². The van der Waals surface area contributed by atoms with Gasteiger partial charge in [0.1, 0.15) is 17.9 Å². The fraction of sp³-hybridized carbons (Fsp3) is 0.464. The molecule has 0 spiro atoms. The molecule has 1 aromatic carbocycles. The maximum absolute atomic E-state index is 14.3. The number of nitrogens with one attached hydrogen (secondary N) is 1. The number of carbonyl (C=O) groups is 1. The van der Waals surface area contributed by atoms with Gasteiger partial charge in [0.25, 0.3) is 5.56 Å². The Kier molecular flexibility index (Phi) is 7.11. The van der Waals surface area contributed by atoms with Gasteiger partial charge in [0, 0.05) is 31.1 Å². The molecule has 0 saturated carbocycles. The topological polar surface area (TPSA) is 169 Å². The normalized spacial score (nSPS) is 19.5. The van der Waals surface area contributed by atoms with Crippen molar-refractivity contribution in [2.75, 3.05) is 44.7 Å². The van der Waals surface area contributed by atoms with Crippen LogP contribution in [-0.2, 0) is 0 Å². The van der Waals surface area contributed by atoms with Gasteiger partial charge in [-0.3, -0.25) is 14.5 Å². The molecule has 2 aliphatic heterocycles. The molecule has 0 radical (unpaired) electrons. The summed E-state index contributed by atoms with van der Waals surface area (Å²) < 4.78 is 7.65. The van der Waals surface area contributed by atoms with Crippen LogP contribution < -0.4 is 15.2 Å². The van der Waals surface area contributed by atoms with Gasteiger partial charge in [-0.15, -0.1) is 0 Å². The van der Waals surface area contributed by atoms with Crippen LogP contribution in [0.4, 0.5) is 10.6 Å². The van der Waals surface area contributed by atoms with Crippen molar-refractivity contribution >= 4 is 33.8 Å². The zero-order valence-electron chi connectivity index (χ0n) is 23.7. The maximum Gasteiger partial charge on any atom is 0.407 e. The van der Waals surface area contributed by atoms with Crippen LogP contribution in [0.3, 0.4) is 0 Å². The molecule has 14 heteroatoms. The summed E-state index contributed by atoms with van der Waals surface area (Å²) in [6.45, 7) is 5.73. The van der Waals surface area contributed by atoms with Crippen molar-refractivity contribution in [3.8, 4) is 17.8 Å². The number of fused-ring (bicyclic) bond motifs is 2. The molecule has 42 heavy (non-hydrogen) atoms. The van der Waals surface area contributed by atoms with Gasteiger partial charge in [0.2, 0.25) is 0 Å². The number of hydrogen-bond donors (Lipinski definition) is 2. The highest BCUT2D eigenvalue weighted by Gasteiger charge is 2.33. The van der Waals surface area contributed by atoms with Crippen LogP contribution in [0.25, 0.3) is 27.6 Å². The van der Waals surface area contributed by atoms with Crippen LogP contribution in [0.2, 0.25) is 0 Å². The molecule has 2 unspecified atom stereocenters. The van der Waals surface area contributed by atoms with Crippen LogP contribution in [0.15, 0.2) is 23.1 Å². The summed E-state index contributed by atoms with van der Waals surface area (Å²) in [4.78, 5) is 45.6. The average Bonchev–Trinajstić information content (AvgIpc) is 3.61. The molecule has 0 bridgehead atoms. The SMILES string of the molecule is Cc1ccc2[nH]ncc2c1-n1c(C)nc2c(N3CCN(C(=O)O)C(CC#N)C3)nc(OCC3CCCN3C)nc2c1=O. The summed E-state index contributed by atoms with van der Waals surface area (Å²) >= 11 is 0. The van der Waals surface area contributed by atoms with Gasteiger partial charge in [-0.25, -0.2) is 9.78 Å². The van der Waals surface area contributed by atoms with Crippen molar-refractivity contribution in [3.05, 3.63) is 40.1 Å². The largest absolute Gasteiger partial charge is 0.465 e. The Bertz CT molecular complexity index is 1780. The molecule has 2 atom stereocenters. The van der Waals surface area contributed by atoms with Crippen molar-refractivity contribution in [2.45, 2.75) is 45.2 Å². The first-order chi connectivity index (χ1) is 20.3. The second-order valence-electron chi connectivity index (χ2n) is 10.9. The summed E-state index contributed by atoms with van der Waals surface area (Å²) in [6.07, 6.45) is 2.70. The third kappa shape index (κ3) is 4.75. The smallest absolute Gasteiger partial charge is 0.407 e. The number of nitriles is 1. The Morgan fingerprint density at radius 2 is 2.00 bits per heavy atom. The Hall–Kier alpha value is -4.77. The molecule has 5 heterocycles. The molecule has 14 nitrogen and oxygen atoms in total. The highest BCUT2D eigenvalue weighted by molar-refractivity contribution is 5.90. The van der Waals surface area contributed by atoms with Gasteiger partial charge in [-0.1, -0.05) is 6.07 Å². The van der Waals surface area contributed by atoms with Gasteiger partial charge < -0.3 is 24.5 Å². The van der Waals surface area contributed by atoms with E-state index >= 15 is 0 Å². The van der Waals surface area contributed by atoms with E-state index in [-0.39, 0.29) is 42.6 Å². The van der Waals surface area contributed by atoms with Gasteiger partial charge in [-0.05, 0) is 51.9 Å². The molecular weight excluding hydrogens is 540 g/mol. The van der Waals surface area contributed by atoms with Crippen LogP contribution in [-0.4, -0.2) is 103 Å². The predicted octanol–water partition coefficient (Wildman–Crippen LogP) is 2.22. The van der Waals surface area contributed by atoms with Gasteiger partial charge in [0.15, 0.2) is 11.3 Å². The lowest BCUT2D eigenvalue weighted by Crippen LogP contribution is -2.55. The number of anilines is 1. The summed E-state index contributed by atoms with van der Waals surface area (Å²) in [5.74, 6) is 0.821. The van der Waals surface area contributed by atoms with Crippen molar-refractivity contribution in [3.63, 3.8) is 0 Å². The standard InChI is InChI=1S/C28H32N10O4/c1-16-6-7-21-20(13-30-34-21)24(16)38-17(2)31-22-23(26(38)39)32-27(42-15-19-5-4-10-35(19)3)33-25(22)36-11-12-37(28(40)41)18(14-36)8-9-29/h6-7,13,18-19H,4-5,8,10-12,14-15H2,1-3H3,(H,30,34)(H,40,41). The summed E-state index contributed by atoms with van der Waals surface area (Å²) in [7, 11) is 2.05. The summed E-state index contributed by atoms with van der Waals surface area (Å²) in [5, 5.41) is 27.0. The van der Waals surface area contributed by atoms with Crippen LogP contribution >= 0.6 is 0 Å². The molecule has 6 rings (SSSR count). The predicted molar refractivity (Wildman–Crippen MR) is 154 cm³/mol. The van der Waals surface area contributed by atoms with Crippen molar-refractivity contribution in [1.29, 1.82) is 5.26 Å². The molecule has 0 aliphatic carbocycles. The van der Waals surface area contributed by atoms with Gasteiger partial charge >= 0.3 is 12.1 Å². The molecule has 2 saturated heterocycles. The van der Waals surface area contributed by atoms with Gasteiger partial charge in [-0.2, -0.15) is 20.3 Å². The number of aryl methyl sites for hydroxylation is 2. The Balaban J connectivity index is 1.50. The first kappa shape index (κ1) is 27.4. The van der Waals surface area contributed by atoms with E-state index in [1.54, 1.807) is 17.7 Å². The zero-order chi connectivity index (χ0) is 29.5. The lowest BCUT2D eigenvalue weighted by molar-refractivity contribution is 0.119. The minimum absolute atomic E-state index is 0.0242. The second-order valence-corrected chi connectivity index (χ2v) is 10.9. The molecule has 218 valence electrons. The van der Waals surface area contributed by atoms with E-state index in [9.17, 15) is 20.0 Å².